The number of nitrogens with one attached hydrogen (secondary N) is 2. The van der Waals surface area contributed by atoms with E-state index in [4.69, 9.17) is 17.4 Å². The number of aromatic nitrogens is 2. The minimum atomic E-state index is 0.347. The molecule has 1 aromatic heterocycles. The Morgan fingerprint density at radius 2 is 2.25 bits per heavy atom. The monoisotopic (exact) mass is 244 g/mol. The lowest BCUT2D eigenvalue weighted by atomic mass is 10.4. The van der Waals surface area contributed by atoms with Crippen LogP contribution in [0, 0.1) is 0 Å². The second kappa shape index (κ2) is 6.47. The van der Waals surface area contributed by atoms with Gasteiger partial charge in [-0.2, -0.15) is 4.98 Å². The highest BCUT2D eigenvalue weighted by Crippen LogP contribution is 2.18. The van der Waals surface area contributed by atoms with E-state index in [2.05, 4.69) is 25.6 Å². The van der Waals surface area contributed by atoms with E-state index in [9.17, 15) is 0 Å². The molecule has 90 valence electrons. The molecular formula is C9H17ClN6. The average Bonchev–Trinajstić information content (AvgIpc) is 2.26. The Morgan fingerprint density at radius 3 is 2.88 bits per heavy atom. The highest BCUT2D eigenvalue weighted by molar-refractivity contribution is 6.32. The Kier molecular flexibility index (Phi) is 5.24. The molecule has 7 heteroatoms. The van der Waals surface area contributed by atoms with E-state index in [1.165, 1.54) is 6.20 Å². The zero-order valence-corrected chi connectivity index (χ0v) is 10.3. The van der Waals surface area contributed by atoms with Gasteiger partial charge in [-0.3, -0.25) is 5.43 Å². The summed E-state index contributed by atoms with van der Waals surface area (Å²) in [6, 6.07) is 0. The molecular weight excluding hydrogens is 228 g/mol. The van der Waals surface area contributed by atoms with Crippen molar-refractivity contribution < 1.29 is 0 Å². The number of hydrogen-bond acceptors (Lipinski definition) is 6. The minimum Gasteiger partial charge on any atom is -0.369 e. The molecule has 1 aromatic rings. The summed E-state index contributed by atoms with van der Waals surface area (Å²) >= 11 is 5.93. The topological polar surface area (TPSA) is 79.1 Å². The van der Waals surface area contributed by atoms with Gasteiger partial charge >= 0.3 is 0 Å². The number of halogens is 1. The number of nitrogens with two attached hydrogens (primary N) is 1. The Balaban J connectivity index is 2.46. The second-order valence-electron chi connectivity index (χ2n) is 3.62. The summed E-state index contributed by atoms with van der Waals surface area (Å²) in [5.74, 6) is 6.16. The van der Waals surface area contributed by atoms with E-state index >= 15 is 0 Å². The van der Waals surface area contributed by atoms with Gasteiger partial charge in [0.05, 0.1) is 6.20 Å². The van der Waals surface area contributed by atoms with Gasteiger partial charge in [0, 0.05) is 6.54 Å². The first-order valence-electron chi connectivity index (χ1n) is 5.01. The van der Waals surface area contributed by atoms with E-state index in [1.54, 1.807) is 0 Å². The molecule has 6 nitrogen and oxygen atoms in total. The molecule has 0 amide bonds. The van der Waals surface area contributed by atoms with Gasteiger partial charge in [0.25, 0.3) is 0 Å². The van der Waals surface area contributed by atoms with Crippen molar-refractivity contribution in [3.8, 4) is 0 Å². The van der Waals surface area contributed by atoms with Crippen molar-refractivity contribution in [1.29, 1.82) is 0 Å². The van der Waals surface area contributed by atoms with Crippen LogP contribution in [0.2, 0.25) is 5.02 Å². The number of nitrogens with zero attached hydrogens (tertiary/aromatic N) is 3. The van der Waals surface area contributed by atoms with Crippen LogP contribution in [0.5, 0.6) is 0 Å². The predicted molar refractivity (Wildman–Crippen MR) is 66.5 cm³/mol. The van der Waals surface area contributed by atoms with Crippen LogP contribution in [-0.4, -0.2) is 42.1 Å². The van der Waals surface area contributed by atoms with E-state index in [0.717, 1.165) is 19.5 Å². The average molecular weight is 245 g/mol. The molecule has 0 spiro atoms. The smallest absolute Gasteiger partial charge is 0.239 e. The summed E-state index contributed by atoms with van der Waals surface area (Å²) in [4.78, 5) is 10.1. The van der Waals surface area contributed by atoms with Gasteiger partial charge < -0.3 is 10.2 Å². The number of anilines is 2. The fraction of sp³-hybridized carbons (Fsp3) is 0.556. The fourth-order valence-corrected chi connectivity index (χ4v) is 1.32. The molecule has 1 rings (SSSR count). The van der Waals surface area contributed by atoms with Crippen molar-refractivity contribution >= 4 is 23.4 Å². The summed E-state index contributed by atoms with van der Waals surface area (Å²) < 4.78 is 0. The summed E-state index contributed by atoms with van der Waals surface area (Å²) in [6.45, 7) is 1.82. The molecule has 0 aliphatic carbocycles. The predicted octanol–water partition coefficient (Wildman–Crippen LogP) is 0.779. The van der Waals surface area contributed by atoms with Crippen LogP contribution in [0.4, 0.5) is 11.8 Å². The molecule has 0 saturated carbocycles. The third-order valence-electron chi connectivity index (χ3n) is 1.95. The van der Waals surface area contributed by atoms with E-state index in [-0.39, 0.29) is 0 Å². The van der Waals surface area contributed by atoms with Gasteiger partial charge in [0.1, 0.15) is 5.02 Å². The lowest BCUT2D eigenvalue weighted by Gasteiger charge is -2.11. The minimum absolute atomic E-state index is 0.347. The van der Waals surface area contributed by atoms with Crippen molar-refractivity contribution in [2.45, 2.75) is 6.42 Å². The van der Waals surface area contributed by atoms with E-state index in [0.29, 0.717) is 16.8 Å². The van der Waals surface area contributed by atoms with Gasteiger partial charge in [0.2, 0.25) is 5.95 Å². The normalized spacial score (nSPS) is 10.6. The molecule has 0 bridgehead atoms. The fourth-order valence-electron chi connectivity index (χ4n) is 1.16. The van der Waals surface area contributed by atoms with Crippen LogP contribution in [-0.2, 0) is 0 Å². The molecule has 0 saturated heterocycles. The van der Waals surface area contributed by atoms with Crippen molar-refractivity contribution in [1.82, 2.24) is 14.9 Å². The summed E-state index contributed by atoms with van der Waals surface area (Å²) in [7, 11) is 4.07. The van der Waals surface area contributed by atoms with E-state index in [1.807, 2.05) is 14.1 Å². The zero-order valence-electron chi connectivity index (χ0n) is 9.50. The van der Waals surface area contributed by atoms with Crippen molar-refractivity contribution in [3.63, 3.8) is 0 Å². The first-order chi connectivity index (χ1) is 7.63. The number of hydrogen-bond donors (Lipinski definition) is 3. The third kappa shape index (κ3) is 4.18. The Hall–Kier alpha value is -1.11. The second-order valence-corrected chi connectivity index (χ2v) is 4.03. The lowest BCUT2D eigenvalue weighted by molar-refractivity contribution is 0.405. The summed E-state index contributed by atoms with van der Waals surface area (Å²) in [5, 5.41) is 3.63. The Labute approximate surface area is 100 Å². The molecule has 0 atom stereocenters. The quantitative estimate of drug-likeness (QED) is 0.390. The first-order valence-corrected chi connectivity index (χ1v) is 5.39. The molecule has 0 aliphatic rings. The number of nitrogen functional groups attached to an aromatic ring is 1. The summed E-state index contributed by atoms with van der Waals surface area (Å²) in [5.41, 5.74) is 2.37. The Bertz CT molecular complexity index is 330. The number of rotatable bonds is 6. The van der Waals surface area contributed by atoms with Gasteiger partial charge in [-0.15, -0.1) is 0 Å². The Morgan fingerprint density at radius 1 is 1.50 bits per heavy atom. The lowest BCUT2D eigenvalue weighted by Crippen LogP contribution is -2.17. The van der Waals surface area contributed by atoms with Crippen LogP contribution in [0.15, 0.2) is 6.20 Å². The molecule has 4 N–H and O–H groups in total. The van der Waals surface area contributed by atoms with Crippen LogP contribution < -0.4 is 16.6 Å². The highest BCUT2D eigenvalue weighted by Gasteiger charge is 2.03. The number of hydrazine groups is 1. The maximum Gasteiger partial charge on any atom is 0.239 e. The molecule has 0 aliphatic heterocycles. The molecule has 0 aromatic carbocycles. The molecule has 16 heavy (non-hydrogen) atoms. The van der Waals surface area contributed by atoms with Crippen LogP contribution in [0.3, 0.4) is 0 Å². The van der Waals surface area contributed by atoms with Gasteiger partial charge in [-0.25, -0.2) is 10.8 Å². The van der Waals surface area contributed by atoms with Crippen LogP contribution in [0.1, 0.15) is 6.42 Å². The van der Waals surface area contributed by atoms with Gasteiger partial charge in [-0.1, -0.05) is 11.6 Å². The first kappa shape index (κ1) is 13.0. The van der Waals surface area contributed by atoms with Crippen LogP contribution >= 0.6 is 11.6 Å². The highest BCUT2D eigenvalue weighted by atomic mass is 35.5. The third-order valence-corrected chi connectivity index (χ3v) is 2.22. The maximum atomic E-state index is 5.93. The van der Waals surface area contributed by atoms with Crippen molar-refractivity contribution in [2.75, 3.05) is 37.9 Å². The standard InChI is InChI=1S/C9H17ClN6/c1-16(2)5-3-4-12-8-7(10)6-13-9(14-8)15-11/h6H,3-5,11H2,1-2H3,(H2,12,13,14,15). The van der Waals surface area contributed by atoms with Gasteiger partial charge in [-0.05, 0) is 27.1 Å². The molecule has 0 fully saturated rings. The molecule has 0 radical (unpaired) electrons. The summed E-state index contributed by atoms with van der Waals surface area (Å²) in [6.07, 6.45) is 2.52. The van der Waals surface area contributed by atoms with Crippen molar-refractivity contribution in [2.24, 2.45) is 5.84 Å². The van der Waals surface area contributed by atoms with Crippen LogP contribution in [0.25, 0.3) is 0 Å². The van der Waals surface area contributed by atoms with E-state index < -0.39 is 0 Å². The molecule has 1 heterocycles. The molecule has 0 unspecified atom stereocenters. The maximum absolute atomic E-state index is 5.93. The largest absolute Gasteiger partial charge is 0.369 e. The SMILES string of the molecule is CN(C)CCCNc1nc(NN)ncc1Cl. The van der Waals surface area contributed by atoms with Crippen molar-refractivity contribution in [3.05, 3.63) is 11.2 Å². The van der Waals surface area contributed by atoms with Gasteiger partial charge in [0.15, 0.2) is 5.82 Å². The zero-order chi connectivity index (χ0) is 12.0.